The third-order valence-electron chi connectivity index (χ3n) is 0. The smallest absolute Gasteiger partial charge is 0.291 e. The first-order chi connectivity index (χ1) is 1.73. The van der Waals surface area contributed by atoms with Crippen molar-refractivity contribution in [3.63, 3.8) is 0 Å². The molecular formula is HHoNO3. The normalized spacial score (nSPS) is 4.80. The quantitative estimate of drug-likeness (QED) is 0.350. The zero-order valence-electron chi connectivity index (χ0n) is 2.01. The summed E-state index contributed by atoms with van der Waals surface area (Å²) in [5.74, 6) is 0. The topological polar surface area (TPSA) is 63.4 Å². The molecule has 0 saturated heterocycles. The van der Waals surface area contributed by atoms with Crippen LogP contribution in [0.25, 0.3) is 0 Å². The summed E-state index contributed by atoms with van der Waals surface area (Å²) >= 11 is 0. The van der Waals surface area contributed by atoms with Crippen LogP contribution >= 0.6 is 0 Å². The first kappa shape index (κ1) is 9.07. The van der Waals surface area contributed by atoms with Crippen LogP contribution < -0.4 is 0 Å². The second-order valence-corrected chi connectivity index (χ2v) is 0.238. The van der Waals surface area contributed by atoms with Crippen LogP contribution in [0.3, 0.4) is 0 Å². The average Bonchev–Trinajstić information content (AvgIpc) is 0.811. The van der Waals surface area contributed by atoms with E-state index >= 15 is 0 Å². The summed E-state index contributed by atoms with van der Waals surface area (Å²) < 4.78 is 0. The molecule has 0 fully saturated rings. The molecule has 0 amide bonds. The van der Waals surface area contributed by atoms with Gasteiger partial charge in [-0.3, -0.25) is 0 Å². The summed E-state index contributed by atoms with van der Waals surface area (Å²) in [5.41, 5.74) is 0. The van der Waals surface area contributed by atoms with E-state index in [4.69, 9.17) is 15.3 Å². The molecule has 0 aromatic rings. The van der Waals surface area contributed by atoms with Gasteiger partial charge in [-0.05, 0) is 0 Å². The third kappa shape index (κ3) is 128. The summed E-state index contributed by atoms with van der Waals surface area (Å²) in [4.78, 5) is 8.36. The van der Waals surface area contributed by atoms with Gasteiger partial charge in [-0.15, -0.1) is 10.1 Å². The zero-order valence-corrected chi connectivity index (χ0v) is 3.95. The van der Waals surface area contributed by atoms with Crippen LogP contribution in [-0.2, 0) is 0 Å². The van der Waals surface area contributed by atoms with Crippen molar-refractivity contribution >= 4 is 0 Å². The predicted molar refractivity (Wildman–Crippen MR) is 8.78 cm³/mol. The third-order valence-corrected chi connectivity index (χ3v) is 0. The summed E-state index contributed by atoms with van der Waals surface area (Å²) in [5, 5.41) is 13.6. The zero-order chi connectivity index (χ0) is 3.58. The Hall–Kier alpha value is 0.460. The Bertz CT molecular complexity index is 29.9. The Balaban J connectivity index is 0. The van der Waals surface area contributed by atoms with Crippen LogP contribution in [0.2, 0.25) is 0 Å². The van der Waals surface area contributed by atoms with Gasteiger partial charge in [-0.25, -0.2) is 0 Å². The molecule has 1 radical (unpaired) electrons. The second-order valence-electron chi connectivity index (χ2n) is 0.238. The van der Waals surface area contributed by atoms with Gasteiger partial charge in [0, 0.05) is 37.7 Å². The molecule has 1 N–H and O–H groups in total. The van der Waals surface area contributed by atoms with E-state index in [0.29, 0.717) is 0 Å². The van der Waals surface area contributed by atoms with Crippen molar-refractivity contribution in [3.8, 4) is 0 Å². The van der Waals surface area contributed by atoms with Crippen LogP contribution in [0.15, 0.2) is 0 Å². The van der Waals surface area contributed by atoms with Gasteiger partial charge in [0.1, 0.15) is 0 Å². The van der Waals surface area contributed by atoms with Crippen LogP contribution in [0, 0.1) is 47.9 Å². The molecule has 0 aromatic heterocycles. The van der Waals surface area contributed by atoms with Gasteiger partial charge in [-0.1, -0.05) is 0 Å². The minimum absolute atomic E-state index is 0. The number of nitrogens with zero attached hydrogens (tertiary/aromatic N) is 1. The second kappa shape index (κ2) is 4.46. The van der Waals surface area contributed by atoms with Crippen LogP contribution in [0.5, 0.6) is 0 Å². The van der Waals surface area contributed by atoms with E-state index in [2.05, 4.69) is 0 Å². The van der Waals surface area contributed by atoms with Gasteiger partial charge < -0.3 is 5.21 Å². The number of rotatable bonds is 0. The van der Waals surface area contributed by atoms with Crippen LogP contribution in [0.1, 0.15) is 0 Å². The Morgan fingerprint density at radius 1 is 1.80 bits per heavy atom. The van der Waals surface area contributed by atoms with E-state index in [9.17, 15) is 0 Å². The minimum Gasteiger partial charge on any atom is -0.328 e. The summed E-state index contributed by atoms with van der Waals surface area (Å²) in [6, 6.07) is 0. The minimum atomic E-state index is -1.50. The van der Waals surface area contributed by atoms with Crippen molar-refractivity contribution in [1.29, 1.82) is 0 Å². The fraction of sp³-hybridized carbons (Fsp3) is 0. The fourth-order valence-corrected chi connectivity index (χ4v) is 0. The molecule has 0 spiro atoms. The maximum atomic E-state index is 8.36. The van der Waals surface area contributed by atoms with Gasteiger partial charge in [0.05, 0.1) is 0 Å². The Labute approximate surface area is 57.9 Å². The van der Waals surface area contributed by atoms with Crippen molar-refractivity contribution in [2.45, 2.75) is 0 Å². The maximum absolute atomic E-state index is 8.36. The molecule has 0 aliphatic rings. The Kier molecular flexibility index (Phi) is 8.09. The van der Waals surface area contributed by atoms with Crippen molar-refractivity contribution in [3.05, 3.63) is 10.1 Å². The molecule has 0 saturated carbocycles. The van der Waals surface area contributed by atoms with E-state index in [1.807, 2.05) is 0 Å². The van der Waals surface area contributed by atoms with Gasteiger partial charge in [0.2, 0.25) is 0 Å². The molecule has 0 heterocycles. The molecule has 0 atom stereocenters. The van der Waals surface area contributed by atoms with E-state index in [1.165, 1.54) is 0 Å². The summed E-state index contributed by atoms with van der Waals surface area (Å²) in [6.45, 7) is 0. The molecule has 0 unspecified atom stereocenters. The maximum Gasteiger partial charge on any atom is 0.291 e. The molecule has 0 aromatic carbocycles. The first-order valence-electron chi connectivity index (χ1n) is 0.565. The van der Waals surface area contributed by atoms with Crippen molar-refractivity contribution in [2.24, 2.45) is 0 Å². The molecule has 0 aliphatic heterocycles. The standard InChI is InChI=1S/Ho.HNO3/c;2-1(3)4/h;(H,2,3,4). The average molecular weight is 228 g/mol. The SMILES string of the molecule is O=[N+]([O-])O.[Ho]. The van der Waals surface area contributed by atoms with E-state index in [1.54, 1.807) is 0 Å². The molecule has 0 rings (SSSR count). The Morgan fingerprint density at radius 3 is 1.80 bits per heavy atom. The van der Waals surface area contributed by atoms with E-state index in [0.717, 1.165) is 0 Å². The summed E-state index contributed by atoms with van der Waals surface area (Å²) in [6.07, 6.45) is 0. The van der Waals surface area contributed by atoms with E-state index in [-0.39, 0.29) is 37.7 Å². The van der Waals surface area contributed by atoms with E-state index < -0.39 is 5.09 Å². The van der Waals surface area contributed by atoms with Gasteiger partial charge in [-0.2, -0.15) is 0 Å². The van der Waals surface area contributed by atoms with Gasteiger partial charge in [0.15, 0.2) is 0 Å². The van der Waals surface area contributed by atoms with Crippen molar-refractivity contribution in [2.75, 3.05) is 0 Å². The van der Waals surface area contributed by atoms with Crippen LogP contribution in [-0.4, -0.2) is 10.3 Å². The Morgan fingerprint density at radius 2 is 1.80 bits per heavy atom. The molecule has 35 valence electrons. The predicted octanol–water partition coefficient (Wildman–Crippen LogP) is -0.348. The number of hydrogen-bond acceptors (Lipinski definition) is 2. The molecule has 0 aliphatic carbocycles. The monoisotopic (exact) mass is 228 g/mol. The molecule has 5 heteroatoms. The molecule has 5 heavy (non-hydrogen) atoms. The first-order valence-corrected chi connectivity index (χ1v) is 0.565. The molecule has 0 bridgehead atoms. The van der Waals surface area contributed by atoms with Crippen LogP contribution in [0.4, 0.5) is 0 Å². The number of hydrogen-bond donors (Lipinski definition) is 1. The molecule has 4 nitrogen and oxygen atoms in total. The van der Waals surface area contributed by atoms with Crippen molar-refractivity contribution in [1.82, 2.24) is 0 Å². The summed E-state index contributed by atoms with van der Waals surface area (Å²) in [7, 11) is 0. The largest absolute Gasteiger partial charge is 0.328 e. The fourth-order valence-electron chi connectivity index (χ4n) is 0. The van der Waals surface area contributed by atoms with Crippen molar-refractivity contribution < 1.29 is 48.0 Å². The van der Waals surface area contributed by atoms with Gasteiger partial charge >= 0.3 is 0 Å². The van der Waals surface area contributed by atoms with Gasteiger partial charge in [0.25, 0.3) is 5.09 Å². The molecular weight excluding hydrogens is 227 g/mol.